The normalized spacial score (nSPS) is 16.7. The van der Waals surface area contributed by atoms with Crippen LogP contribution < -0.4 is 10.2 Å². The summed E-state index contributed by atoms with van der Waals surface area (Å²) in [5.41, 5.74) is 3.06. The molecule has 4 rings (SSSR count). The van der Waals surface area contributed by atoms with Gasteiger partial charge >= 0.3 is 0 Å². The zero-order valence-corrected chi connectivity index (χ0v) is 19.2. The molecule has 8 heteroatoms. The van der Waals surface area contributed by atoms with Crippen LogP contribution in [0.1, 0.15) is 40.7 Å². The van der Waals surface area contributed by atoms with Gasteiger partial charge < -0.3 is 15.1 Å². The average Bonchev–Trinajstić information content (AvgIpc) is 3.16. The summed E-state index contributed by atoms with van der Waals surface area (Å²) in [6.07, 6.45) is 2.29. The molecule has 1 N–H and O–H groups in total. The van der Waals surface area contributed by atoms with Gasteiger partial charge in [0.05, 0.1) is 18.2 Å². The summed E-state index contributed by atoms with van der Waals surface area (Å²) in [6.45, 7) is 4.38. The van der Waals surface area contributed by atoms with Crippen molar-refractivity contribution in [2.24, 2.45) is 0 Å². The van der Waals surface area contributed by atoms with Gasteiger partial charge in [0.15, 0.2) is 0 Å². The van der Waals surface area contributed by atoms with Gasteiger partial charge in [-0.15, -0.1) is 0 Å². The molecule has 3 amide bonds. The van der Waals surface area contributed by atoms with Gasteiger partial charge in [0.2, 0.25) is 11.8 Å². The Bertz CT molecular complexity index is 1080. The van der Waals surface area contributed by atoms with Crippen LogP contribution in [0.5, 0.6) is 0 Å². The van der Waals surface area contributed by atoms with Crippen LogP contribution in [0.15, 0.2) is 48.5 Å². The van der Waals surface area contributed by atoms with E-state index in [0.29, 0.717) is 37.2 Å². The van der Waals surface area contributed by atoms with Crippen LogP contribution in [-0.4, -0.2) is 66.8 Å². The van der Waals surface area contributed by atoms with E-state index in [4.69, 9.17) is 5.26 Å². The lowest BCUT2D eigenvalue weighted by Gasteiger charge is -2.22. The molecule has 2 aromatic carbocycles. The van der Waals surface area contributed by atoms with Gasteiger partial charge in [0, 0.05) is 56.9 Å². The first-order valence-electron chi connectivity index (χ1n) is 11.7. The van der Waals surface area contributed by atoms with E-state index in [1.54, 1.807) is 34.1 Å². The van der Waals surface area contributed by atoms with Crippen LogP contribution in [0.4, 0.5) is 5.69 Å². The minimum atomic E-state index is -0.301. The van der Waals surface area contributed by atoms with Crippen LogP contribution in [0.2, 0.25) is 0 Å². The van der Waals surface area contributed by atoms with Crippen molar-refractivity contribution in [3.05, 3.63) is 65.2 Å². The molecular formula is C26H29N5O3. The highest BCUT2D eigenvalue weighted by molar-refractivity contribution is 5.98. The highest BCUT2D eigenvalue weighted by Crippen LogP contribution is 2.21. The lowest BCUT2D eigenvalue weighted by molar-refractivity contribution is -0.130. The number of carbonyl (C=O) groups is 3. The first kappa shape index (κ1) is 23.5. The van der Waals surface area contributed by atoms with Crippen molar-refractivity contribution in [1.29, 1.82) is 5.26 Å². The Morgan fingerprint density at radius 1 is 0.912 bits per heavy atom. The molecule has 0 radical (unpaired) electrons. The van der Waals surface area contributed by atoms with Gasteiger partial charge in [-0.2, -0.15) is 5.26 Å². The first-order valence-corrected chi connectivity index (χ1v) is 11.7. The van der Waals surface area contributed by atoms with Crippen molar-refractivity contribution in [2.75, 3.05) is 44.2 Å². The molecular weight excluding hydrogens is 430 g/mol. The second kappa shape index (κ2) is 10.9. The fourth-order valence-corrected chi connectivity index (χ4v) is 4.40. The van der Waals surface area contributed by atoms with Gasteiger partial charge in [-0.25, -0.2) is 0 Å². The highest BCUT2D eigenvalue weighted by Gasteiger charge is 2.22. The second-order valence-electron chi connectivity index (χ2n) is 8.70. The summed E-state index contributed by atoms with van der Waals surface area (Å²) in [5, 5.41) is 11.7. The SMILES string of the molecule is N#Cc1ccc(CN2CCCN(C(=O)CNC(=O)c3ccc(N4CCCC4=O)cc3)CC2)cc1. The number of rotatable bonds is 6. The third-order valence-corrected chi connectivity index (χ3v) is 6.35. The third kappa shape index (κ3) is 5.80. The van der Waals surface area contributed by atoms with Crippen molar-refractivity contribution in [3.63, 3.8) is 0 Å². The summed E-state index contributed by atoms with van der Waals surface area (Å²) >= 11 is 0. The van der Waals surface area contributed by atoms with Crippen molar-refractivity contribution in [1.82, 2.24) is 15.1 Å². The molecule has 176 valence electrons. The molecule has 2 saturated heterocycles. The molecule has 0 atom stereocenters. The van der Waals surface area contributed by atoms with Crippen LogP contribution >= 0.6 is 0 Å². The molecule has 0 aromatic heterocycles. The Morgan fingerprint density at radius 3 is 2.35 bits per heavy atom. The molecule has 0 aliphatic carbocycles. The van der Waals surface area contributed by atoms with Gasteiger partial charge in [0.1, 0.15) is 0 Å². The van der Waals surface area contributed by atoms with Crippen molar-refractivity contribution in [2.45, 2.75) is 25.8 Å². The smallest absolute Gasteiger partial charge is 0.251 e. The van der Waals surface area contributed by atoms with Gasteiger partial charge in [-0.3, -0.25) is 19.3 Å². The number of hydrogen-bond acceptors (Lipinski definition) is 5. The summed E-state index contributed by atoms with van der Waals surface area (Å²) in [4.78, 5) is 42.9. The van der Waals surface area contributed by atoms with E-state index in [1.807, 2.05) is 24.3 Å². The standard InChI is InChI=1S/C26H29N5O3/c27-17-20-4-6-21(7-5-20)19-29-12-2-13-30(16-15-29)25(33)18-28-26(34)22-8-10-23(11-9-22)31-14-1-3-24(31)32/h4-11H,1-3,12-16,18-19H2,(H,28,34). The molecule has 34 heavy (non-hydrogen) atoms. The number of benzene rings is 2. The Labute approximate surface area is 199 Å². The minimum Gasteiger partial charge on any atom is -0.343 e. The lowest BCUT2D eigenvalue weighted by Crippen LogP contribution is -2.42. The summed E-state index contributed by atoms with van der Waals surface area (Å²) in [7, 11) is 0. The number of anilines is 1. The van der Waals surface area contributed by atoms with Crippen molar-refractivity contribution >= 4 is 23.4 Å². The zero-order chi connectivity index (χ0) is 23.9. The van der Waals surface area contributed by atoms with Crippen LogP contribution in [0, 0.1) is 11.3 Å². The lowest BCUT2D eigenvalue weighted by atomic mass is 10.1. The number of hydrogen-bond donors (Lipinski definition) is 1. The summed E-state index contributed by atoms with van der Waals surface area (Å²) in [6, 6.07) is 16.6. The van der Waals surface area contributed by atoms with E-state index >= 15 is 0 Å². The van der Waals surface area contributed by atoms with Crippen molar-refractivity contribution < 1.29 is 14.4 Å². The highest BCUT2D eigenvalue weighted by atomic mass is 16.2. The molecule has 2 fully saturated rings. The number of amides is 3. The van der Waals surface area contributed by atoms with E-state index < -0.39 is 0 Å². The van der Waals surface area contributed by atoms with Crippen LogP contribution in [0.25, 0.3) is 0 Å². The molecule has 0 spiro atoms. The fourth-order valence-electron chi connectivity index (χ4n) is 4.40. The van der Waals surface area contributed by atoms with Gasteiger partial charge in [-0.1, -0.05) is 12.1 Å². The predicted molar refractivity (Wildman–Crippen MR) is 128 cm³/mol. The Balaban J connectivity index is 1.24. The first-order chi connectivity index (χ1) is 16.5. The second-order valence-corrected chi connectivity index (χ2v) is 8.70. The van der Waals surface area contributed by atoms with E-state index in [1.165, 1.54) is 0 Å². The Hall–Kier alpha value is -3.70. The molecule has 2 aliphatic heterocycles. The number of nitrogens with zero attached hydrogens (tertiary/aromatic N) is 4. The minimum absolute atomic E-state index is 0.0409. The average molecular weight is 460 g/mol. The maximum Gasteiger partial charge on any atom is 0.251 e. The Kier molecular flexibility index (Phi) is 7.55. The van der Waals surface area contributed by atoms with Gasteiger partial charge in [-0.05, 0) is 54.8 Å². The molecule has 0 unspecified atom stereocenters. The molecule has 0 saturated carbocycles. The maximum atomic E-state index is 12.7. The van der Waals surface area contributed by atoms with Crippen LogP contribution in [-0.2, 0) is 16.1 Å². The number of nitrogens with one attached hydrogen (secondary N) is 1. The maximum absolute atomic E-state index is 12.7. The zero-order valence-electron chi connectivity index (χ0n) is 19.2. The number of nitriles is 1. The molecule has 2 aromatic rings. The van der Waals surface area contributed by atoms with Crippen molar-refractivity contribution in [3.8, 4) is 6.07 Å². The van der Waals surface area contributed by atoms with E-state index in [9.17, 15) is 14.4 Å². The van der Waals surface area contributed by atoms with E-state index in [-0.39, 0.29) is 24.3 Å². The van der Waals surface area contributed by atoms with E-state index in [0.717, 1.165) is 43.7 Å². The topological polar surface area (TPSA) is 96.8 Å². The fraction of sp³-hybridized carbons (Fsp3) is 0.385. The molecule has 8 nitrogen and oxygen atoms in total. The summed E-state index contributed by atoms with van der Waals surface area (Å²) in [5.74, 6) is -0.284. The predicted octanol–water partition coefficient (Wildman–Crippen LogP) is 2.15. The monoisotopic (exact) mass is 459 g/mol. The quantitative estimate of drug-likeness (QED) is 0.714. The van der Waals surface area contributed by atoms with Crippen LogP contribution in [0.3, 0.4) is 0 Å². The van der Waals surface area contributed by atoms with E-state index in [2.05, 4.69) is 16.3 Å². The molecule has 2 aliphatic rings. The third-order valence-electron chi connectivity index (χ3n) is 6.35. The molecule has 0 bridgehead atoms. The largest absolute Gasteiger partial charge is 0.343 e. The number of carbonyl (C=O) groups excluding carboxylic acids is 3. The van der Waals surface area contributed by atoms with Gasteiger partial charge in [0.25, 0.3) is 5.91 Å². The Morgan fingerprint density at radius 2 is 1.68 bits per heavy atom. The summed E-state index contributed by atoms with van der Waals surface area (Å²) < 4.78 is 0. The molecule has 2 heterocycles.